The van der Waals surface area contributed by atoms with Crippen molar-refractivity contribution in [2.75, 3.05) is 25.0 Å². The Morgan fingerprint density at radius 1 is 1.21 bits per heavy atom. The Bertz CT molecular complexity index is 768. The van der Waals surface area contributed by atoms with Crippen molar-refractivity contribution >= 4 is 23.3 Å². The SMILES string of the molecule is CCOC(=O)CNc1ccc(CCN[C@@H](C)[C@H](O)c2ccc(O)cc2)cc1Cl. The molecule has 0 aliphatic rings. The summed E-state index contributed by atoms with van der Waals surface area (Å²) >= 11 is 6.28. The van der Waals surface area contributed by atoms with Crippen LogP contribution < -0.4 is 10.6 Å². The lowest BCUT2D eigenvalue weighted by atomic mass is 10.0. The molecule has 0 amide bonds. The van der Waals surface area contributed by atoms with Gasteiger partial charge in [0.15, 0.2) is 0 Å². The fraction of sp³-hybridized carbons (Fsp3) is 0.381. The molecule has 0 aromatic heterocycles. The topological polar surface area (TPSA) is 90.8 Å². The van der Waals surface area contributed by atoms with Crippen molar-refractivity contribution < 1.29 is 19.7 Å². The number of carbonyl (C=O) groups is 1. The molecule has 28 heavy (non-hydrogen) atoms. The van der Waals surface area contributed by atoms with E-state index in [4.69, 9.17) is 16.3 Å². The summed E-state index contributed by atoms with van der Waals surface area (Å²) in [6.45, 7) is 4.76. The minimum absolute atomic E-state index is 0.0706. The number of esters is 1. The molecule has 0 aliphatic heterocycles. The van der Waals surface area contributed by atoms with Crippen molar-refractivity contribution in [1.82, 2.24) is 5.32 Å². The van der Waals surface area contributed by atoms with Crippen molar-refractivity contribution in [3.05, 3.63) is 58.6 Å². The highest BCUT2D eigenvalue weighted by Gasteiger charge is 2.15. The van der Waals surface area contributed by atoms with Gasteiger partial charge in [-0.25, -0.2) is 0 Å². The van der Waals surface area contributed by atoms with Crippen molar-refractivity contribution in [2.24, 2.45) is 0 Å². The van der Waals surface area contributed by atoms with E-state index >= 15 is 0 Å². The summed E-state index contributed by atoms with van der Waals surface area (Å²) in [4.78, 5) is 11.4. The smallest absolute Gasteiger partial charge is 0.325 e. The number of carbonyl (C=O) groups excluding carboxylic acids is 1. The summed E-state index contributed by atoms with van der Waals surface area (Å²) in [5.74, 6) is -0.151. The second-order valence-electron chi connectivity index (χ2n) is 6.50. The fourth-order valence-electron chi connectivity index (χ4n) is 2.75. The Kier molecular flexibility index (Phi) is 8.57. The summed E-state index contributed by atoms with van der Waals surface area (Å²) in [6.07, 6.45) is 0.0727. The molecule has 7 heteroatoms. The summed E-state index contributed by atoms with van der Waals surface area (Å²) in [6, 6.07) is 12.0. The quantitative estimate of drug-likeness (QED) is 0.453. The van der Waals surface area contributed by atoms with Gasteiger partial charge in [-0.2, -0.15) is 0 Å². The van der Waals surface area contributed by atoms with Crippen LogP contribution in [-0.4, -0.2) is 41.9 Å². The van der Waals surface area contributed by atoms with Gasteiger partial charge in [0.1, 0.15) is 12.3 Å². The Morgan fingerprint density at radius 3 is 2.57 bits per heavy atom. The Hall–Kier alpha value is -2.28. The van der Waals surface area contributed by atoms with Gasteiger partial charge in [0, 0.05) is 6.04 Å². The third-order valence-corrected chi connectivity index (χ3v) is 4.66. The number of benzene rings is 2. The van der Waals surface area contributed by atoms with E-state index in [-0.39, 0.29) is 24.3 Å². The van der Waals surface area contributed by atoms with Gasteiger partial charge in [0.2, 0.25) is 0 Å². The maximum absolute atomic E-state index is 11.4. The predicted octanol–water partition coefficient (Wildman–Crippen LogP) is 3.27. The van der Waals surface area contributed by atoms with Crippen LogP contribution in [0, 0.1) is 0 Å². The average molecular weight is 407 g/mol. The molecule has 2 rings (SSSR count). The zero-order chi connectivity index (χ0) is 20.5. The lowest BCUT2D eigenvalue weighted by Crippen LogP contribution is -2.33. The summed E-state index contributed by atoms with van der Waals surface area (Å²) in [5, 5.41) is 26.5. The molecule has 0 saturated heterocycles. The summed E-state index contributed by atoms with van der Waals surface area (Å²) < 4.78 is 4.87. The Labute approximate surface area is 170 Å². The van der Waals surface area contributed by atoms with E-state index in [1.54, 1.807) is 31.2 Å². The van der Waals surface area contributed by atoms with Gasteiger partial charge in [-0.15, -0.1) is 0 Å². The molecule has 0 radical (unpaired) electrons. The van der Waals surface area contributed by atoms with E-state index < -0.39 is 6.10 Å². The molecule has 0 spiro atoms. The number of aromatic hydroxyl groups is 1. The van der Waals surface area contributed by atoms with Crippen LogP contribution in [0.4, 0.5) is 5.69 Å². The minimum atomic E-state index is -0.668. The third kappa shape index (κ3) is 6.71. The number of anilines is 1. The molecule has 0 fully saturated rings. The van der Waals surface area contributed by atoms with Crippen LogP contribution in [0.25, 0.3) is 0 Å². The Morgan fingerprint density at radius 2 is 1.93 bits per heavy atom. The first kappa shape index (κ1) is 22.0. The lowest BCUT2D eigenvalue weighted by molar-refractivity contribution is -0.140. The number of hydrogen-bond donors (Lipinski definition) is 4. The molecular weight excluding hydrogens is 380 g/mol. The molecule has 2 aromatic carbocycles. The van der Waals surface area contributed by atoms with E-state index in [9.17, 15) is 15.0 Å². The van der Waals surface area contributed by atoms with E-state index in [0.29, 0.717) is 23.9 Å². The highest BCUT2D eigenvalue weighted by Crippen LogP contribution is 2.23. The van der Waals surface area contributed by atoms with Crippen LogP contribution in [0.2, 0.25) is 5.02 Å². The van der Waals surface area contributed by atoms with Crippen molar-refractivity contribution in [3.63, 3.8) is 0 Å². The zero-order valence-corrected chi connectivity index (χ0v) is 16.9. The van der Waals surface area contributed by atoms with Crippen molar-refractivity contribution in [2.45, 2.75) is 32.4 Å². The molecule has 6 nitrogen and oxygen atoms in total. The second-order valence-corrected chi connectivity index (χ2v) is 6.91. The van der Waals surface area contributed by atoms with Crippen molar-refractivity contribution in [3.8, 4) is 5.75 Å². The molecule has 152 valence electrons. The molecule has 0 heterocycles. The normalized spacial score (nSPS) is 13.0. The number of nitrogens with one attached hydrogen (secondary N) is 2. The molecule has 0 unspecified atom stereocenters. The maximum atomic E-state index is 11.4. The largest absolute Gasteiger partial charge is 0.508 e. The monoisotopic (exact) mass is 406 g/mol. The molecule has 0 bridgehead atoms. The highest BCUT2D eigenvalue weighted by molar-refractivity contribution is 6.33. The summed E-state index contributed by atoms with van der Waals surface area (Å²) in [7, 11) is 0. The molecule has 4 N–H and O–H groups in total. The van der Waals surface area contributed by atoms with E-state index in [1.165, 1.54) is 0 Å². The summed E-state index contributed by atoms with van der Waals surface area (Å²) in [5.41, 5.74) is 2.48. The number of phenols is 1. The molecular formula is C21H27ClN2O4. The van der Waals surface area contributed by atoms with Crippen molar-refractivity contribution in [1.29, 1.82) is 0 Å². The molecule has 0 aliphatic carbocycles. The van der Waals surface area contributed by atoms with Gasteiger partial charge >= 0.3 is 5.97 Å². The van der Waals surface area contributed by atoms with Crippen LogP contribution >= 0.6 is 11.6 Å². The fourth-order valence-corrected chi connectivity index (χ4v) is 3.02. The predicted molar refractivity (Wildman–Crippen MR) is 111 cm³/mol. The van der Waals surface area contributed by atoms with Crippen LogP contribution in [0.1, 0.15) is 31.1 Å². The average Bonchev–Trinajstić information content (AvgIpc) is 2.67. The van der Waals surface area contributed by atoms with Gasteiger partial charge < -0.3 is 25.6 Å². The number of aliphatic hydroxyl groups is 1. The van der Waals surface area contributed by atoms with E-state index in [1.807, 2.05) is 25.1 Å². The number of phenolic OH excluding ortho intramolecular Hbond substituents is 1. The number of rotatable bonds is 10. The minimum Gasteiger partial charge on any atom is -0.508 e. The number of aliphatic hydroxyl groups excluding tert-OH is 1. The van der Waals surface area contributed by atoms with Crippen LogP contribution in [0.5, 0.6) is 5.75 Å². The van der Waals surface area contributed by atoms with Gasteiger partial charge in [-0.3, -0.25) is 4.79 Å². The lowest BCUT2D eigenvalue weighted by Gasteiger charge is -2.21. The van der Waals surface area contributed by atoms with Crippen LogP contribution in [-0.2, 0) is 16.0 Å². The highest BCUT2D eigenvalue weighted by atomic mass is 35.5. The molecule has 0 saturated carbocycles. The third-order valence-electron chi connectivity index (χ3n) is 4.35. The van der Waals surface area contributed by atoms with Gasteiger partial charge in [-0.1, -0.05) is 29.8 Å². The zero-order valence-electron chi connectivity index (χ0n) is 16.1. The first-order valence-electron chi connectivity index (χ1n) is 9.29. The first-order chi connectivity index (χ1) is 13.4. The number of hydrogen-bond acceptors (Lipinski definition) is 6. The van der Waals surface area contributed by atoms with Gasteiger partial charge in [-0.05, 0) is 62.2 Å². The molecule has 2 aromatic rings. The van der Waals surface area contributed by atoms with Gasteiger partial charge in [0.25, 0.3) is 0 Å². The number of ether oxygens (including phenoxy) is 1. The van der Waals surface area contributed by atoms with Crippen LogP contribution in [0.15, 0.2) is 42.5 Å². The standard InChI is InChI=1S/C21H27ClN2O4/c1-3-28-20(26)13-24-19-9-4-15(12-18(19)22)10-11-23-14(2)21(27)16-5-7-17(25)8-6-16/h4-9,12,14,21,23-25,27H,3,10-11,13H2,1-2H3/t14-,21-/m0/s1. The van der Waals surface area contributed by atoms with E-state index in [2.05, 4.69) is 10.6 Å². The Balaban J connectivity index is 1.81. The first-order valence-corrected chi connectivity index (χ1v) is 9.66. The van der Waals surface area contributed by atoms with E-state index in [0.717, 1.165) is 17.5 Å². The maximum Gasteiger partial charge on any atom is 0.325 e. The molecule has 2 atom stereocenters. The second kappa shape index (κ2) is 10.9. The number of halogens is 1. The van der Waals surface area contributed by atoms with Gasteiger partial charge in [0.05, 0.1) is 23.4 Å². The van der Waals surface area contributed by atoms with Crippen LogP contribution in [0.3, 0.4) is 0 Å².